The van der Waals surface area contributed by atoms with Gasteiger partial charge in [0.15, 0.2) is 0 Å². The molecule has 0 radical (unpaired) electrons. The van der Waals surface area contributed by atoms with E-state index in [9.17, 15) is 0 Å². The Labute approximate surface area is 95.4 Å². The van der Waals surface area contributed by atoms with Crippen LogP contribution in [0.5, 0.6) is 0 Å². The fraction of sp³-hybridized carbons (Fsp3) is 1.00. The molecule has 0 heterocycles. The van der Waals surface area contributed by atoms with Crippen molar-refractivity contribution >= 4 is 0 Å². The maximum absolute atomic E-state index is 3.84. The summed E-state index contributed by atoms with van der Waals surface area (Å²) < 4.78 is 0. The number of rotatable bonds is 6. The molecule has 1 aliphatic rings. The van der Waals surface area contributed by atoms with E-state index in [1.807, 2.05) is 0 Å². The van der Waals surface area contributed by atoms with Gasteiger partial charge in [0.2, 0.25) is 0 Å². The molecule has 1 fully saturated rings. The van der Waals surface area contributed by atoms with Crippen molar-refractivity contribution < 1.29 is 0 Å². The lowest BCUT2D eigenvalue weighted by Gasteiger charge is -2.27. The van der Waals surface area contributed by atoms with Crippen LogP contribution in [0.15, 0.2) is 0 Å². The molecule has 2 nitrogen and oxygen atoms in total. The summed E-state index contributed by atoms with van der Waals surface area (Å²) in [5.74, 6) is 0.795. The number of likely N-dealkylation sites (N-methyl/N-ethyl adjacent to an activating group) is 1. The van der Waals surface area contributed by atoms with Crippen LogP contribution in [0.4, 0.5) is 0 Å². The Balaban J connectivity index is 2.32. The van der Waals surface area contributed by atoms with Crippen LogP contribution in [0, 0.1) is 5.92 Å². The van der Waals surface area contributed by atoms with Gasteiger partial charge in [0.1, 0.15) is 0 Å². The van der Waals surface area contributed by atoms with Gasteiger partial charge in [-0.3, -0.25) is 0 Å². The molecule has 2 heteroatoms. The summed E-state index contributed by atoms with van der Waals surface area (Å²) in [7, 11) is 4.34. The highest BCUT2D eigenvalue weighted by atomic mass is 15.1. The topological polar surface area (TPSA) is 15.3 Å². The lowest BCUT2D eigenvalue weighted by Crippen LogP contribution is -2.43. The molecule has 0 spiro atoms. The monoisotopic (exact) mass is 212 g/mol. The Morgan fingerprint density at radius 1 is 1.20 bits per heavy atom. The first-order chi connectivity index (χ1) is 7.08. The molecule has 0 aliphatic heterocycles. The Morgan fingerprint density at radius 3 is 2.27 bits per heavy atom. The summed E-state index contributed by atoms with van der Waals surface area (Å²) in [5, 5.41) is 3.84. The van der Waals surface area contributed by atoms with Crippen LogP contribution in [0.1, 0.15) is 46.0 Å². The first-order valence-corrected chi connectivity index (χ1v) is 6.48. The van der Waals surface area contributed by atoms with Crippen LogP contribution in [-0.2, 0) is 0 Å². The second-order valence-electron chi connectivity index (χ2n) is 5.74. The first kappa shape index (κ1) is 13.0. The number of nitrogens with zero attached hydrogens (tertiary/aromatic N) is 1. The standard InChI is InChI=1S/C13H28N2/c1-11(2)9-13(10-15(3)4)14-12-7-5-6-8-12/h11-14H,5-10H2,1-4H3. The van der Waals surface area contributed by atoms with Crippen LogP contribution < -0.4 is 5.32 Å². The van der Waals surface area contributed by atoms with Gasteiger partial charge in [-0.05, 0) is 39.3 Å². The smallest absolute Gasteiger partial charge is 0.0199 e. The molecule has 1 rings (SSSR count). The third-order valence-corrected chi connectivity index (χ3v) is 3.17. The van der Waals surface area contributed by atoms with Crippen molar-refractivity contribution in [1.29, 1.82) is 0 Å². The highest BCUT2D eigenvalue weighted by Crippen LogP contribution is 2.19. The van der Waals surface area contributed by atoms with Gasteiger partial charge in [0, 0.05) is 18.6 Å². The van der Waals surface area contributed by atoms with Crippen LogP contribution in [0.25, 0.3) is 0 Å². The van der Waals surface area contributed by atoms with E-state index in [0.717, 1.165) is 12.0 Å². The summed E-state index contributed by atoms with van der Waals surface area (Å²) >= 11 is 0. The summed E-state index contributed by atoms with van der Waals surface area (Å²) in [6.07, 6.45) is 6.93. The van der Waals surface area contributed by atoms with Crippen molar-refractivity contribution in [3.8, 4) is 0 Å². The van der Waals surface area contributed by atoms with E-state index in [-0.39, 0.29) is 0 Å². The molecule has 0 aromatic rings. The van der Waals surface area contributed by atoms with E-state index >= 15 is 0 Å². The Bertz CT molecular complexity index is 150. The van der Waals surface area contributed by atoms with Gasteiger partial charge in [0.05, 0.1) is 0 Å². The van der Waals surface area contributed by atoms with Gasteiger partial charge >= 0.3 is 0 Å². The van der Waals surface area contributed by atoms with Gasteiger partial charge < -0.3 is 10.2 Å². The molecule has 0 saturated heterocycles. The fourth-order valence-corrected chi connectivity index (χ4v) is 2.63. The molecule has 0 aromatic heterocycles. The van der Waals surface area contributed by atoms with Crippen molar-refractivity contribution in [3.63, 3.8) is 0 Å². The van der Waals surface area contributed by atoms with Crippen molar-refractivity contribution in [2.75, 3.05) is 20.6 Å². The molecular formula is C13H28N2. The molecule has 1 saturated carbocycles. The van der Waals surface area contributed by atoms with Gasteiger partial charge in [-0.2, -0.15) is 0 Å². The fourth-order valence-electron chi connectivity index (χ4n) is 2.63. The maximum Gasteiger partial charge on any atom is 0.0199 e. The molecule has 0 amide bonds. The Morgan fingerprint density at radius 2 is 1.80 bits per heavy atom. The minimum atomic E-state index is 0.683. The first-order valence-electron chi connectivity index (χ1n) is 6.48. The molecule has 1 atom stereocenters. The van der Waals surface area contributed by atoms with E-state index in [0.29, 0.717) is 6.04 Å². The third-order valence-electron chi connectivity index (χ3n) is 3.17. The van der Waals surface area contributed by atoms with E-state index in [2.05, 4.69) is 38.2 Å². The molecule has 0 bridgehead atoms. The number of hydrogen-bond acceptors (Lipinski definition) is 2. The average molecular weight is 212 g/mol. The highest BCUT2D eigenvalue weighted by Gasteiger charge is 2.19. The molecule has 0 aromatic carbocycles. The average Bonchev–Trinajstić information content (AvgIpc) is 2.53. The second-order valence-corrected chi connectivity index (χ2v) is 5.74. The van der Waals surface area contributed by atoms with E-state index in [1.54, 1.807) is 0 Å². The zero-order valence-electron chi connectivity index (χ0n) is 10.9. The zero-order valence-corrected chi connectivity index (χ0v) is 10.9. The minimum Gasteiger partial charge on any atom is -0.310 e. The van der Waals surface area contributed by atoms with Crippen LogP contribution in [0.3, 0.4) is 0 Å². The van der Waals surface area contributed by atoms with Gasteiger partial charge in [0.25, 0.3) is 0 Å². The largest absolute Gasteiger partial charge is 0.310 e. The SMILES string of the molecule is CC(C)CC(CN(C)C)NC1CCCC1. The van der Waals surface area contributed by atoms with Crippen molar-refractivity contribution in [3.05, 3.63) is 0 Å². The lowest BCUT2D eigenvalue weighted by atomic mass is 10.0. The summed E-state index contributed by atoms with van der Waals surface area (Å²) in [5.41, 5.74) is 0. The van der Waals surface area contributed by atoms with E-state index in [1.165, 1.54) is 38.6 Å². The van der Waals surface area contributed by atoms with Crippen molar-refractivity contribution in [2.24, 2.45) is 5.92 Å². The molecule has 90 valence electrons. The molecule has 15 heavy (non-hydrogen) atoms. The van der Waals surface area contributed by atoms with Crippen molar-refractivity contribution in [2.45, 2.75) is 58.0 Å². The predicted octanol–water partition coefficient (Wildman–Crippen LogP) is 2.49. The van der Waals surface area contributed by atoms with Gasteiger partial charge in [-0.25, -0.2) is 0 Å². The maximum atomic E-state index is 3.84. The summed E-state index contributed by atoms with van der Waals surface area (Å²) in [6, 6.07) is 1.48. The second kappa shape index (κ2) is 6.49. The Hall–Kier alpha value is -0.0800. The number of nitrogens with one attached hydrogen (secondary N) is 1. The molecule has 1 aliphatic carbocycles. The van der Waals surface area contributed by atoms with Crippen molar-refractivity contribution in [1.82, 2.24) is 10.2 Å². The van der Waals surface area contributed by atoms with Gasteiger partial charge in [-0.15, -0.1) is 0 Å². The highest BCUT2D eigenvalue weighted by molar-refractivity contribution is 4.80. The lowest BCUT2D eigenvalue weighted by molar-refractivity contribution is 0.286. The van der Waals surface area contributed by atoms with E-state index < -0.39 is 0 Å². The van der Waals surface area contributed by atoms with Crippen LogP contribution in [-0.4, -0.2) is 37.6 Å². The zero-order chi connectivity index (χ0) is 11.3. The van der Waals surface area contributed by atoms with Crippen LogP contribution >= 0.6 is 0 Å². The Kier molecular flexibility index (Phi) is 5.62. The van der Waals surface area contributed by atoms with Gasteiger partial charge in [-0.1, -0.05) is 26.7 Å². The molecule has 1 unspecified atom stereocenters. The minimum absolute atomic E-state index is 0.683. The summed E-state index contributed by atoms with van der Waals surface area (Å²) in [4.78, 5) is 2.30. The quantitative estimate of drug-likeness (QED) is 0.728. The molecular weight excluding hydrogens is 184 g/mol. The van der Waals surface area contributed by atoms with Crippen LogP contribution in [0.2, 0.25) is 0 Å². The predicted molar refractivity (Wildman–Crippen MR) is 67.2 cm³/mol. The molecule has 1 N–H and O–H groups in total. The third kappa shape index (κ3) is 5.53. The number of hydrogen-bond donors (Lipinski definition) is 1. The normalized spacial score (nSPS) is 20.4. The summed E-state index contributed by atoms with van der Waals surface area (Å²) in [6.45, 7) is 5.81. The van der Waals surface area contributed by atoms with E-state index in [4.69, 9.17) is 0 Å².